The van der Waals surface area contributed by atoms with Crippen molar-refractivity contribution in [3.63, 3.8) is 0 Å². The summed E-state index contributed by atoms with van der Waals surface area (Å²) in [7, 11) is 0. The van der Waals surface area contributed by atoms with Crippen molar-refractivity contribution < 1.29 is 0 Å². The highest BCUT2D eigenvalue weighted by atomic mass is 15.4. The van der Waals surface area contributed by atoms with Crippen molar-refractivity contribution in [2.45, 2.75) is 0 Å². The number of nitriles is 1. The average Bonchev–Trinajstić information content (AvgIpc) is 2.95. The minimum Gasteiger partial charge on any atom is -0.260 e. The molecule has 0 spiro atoms. The summed E-state index contributed by atoms with van der Waals surface area (Å²) in [5.74, 6) is 0.585. The maximum Gasteiger partial charge on any atom is 0.177 e. The summed E-state index contributed by atoms with van der Waals surface area (Å²) in [6.45, 7) is 0. The Morgan fingerprint density at radius 3 is 2.85 bits per heavy atom. The molecular formula is C13H9N7. The molecule has 0 saturated carbocycles. The van der Waals surface area contributed by atoms with Gasteiger partial charge in [-0.05, 0) is 29.8 Å². The fourth-order valence-electron chi connectivity index (χ4n) is 1.60. The second-order valence-corrected chi connectivity index (χ2v) is 3.96. The summed E-state index contributed by atoms with van der Waals surface area (Å²) in [6, 6.07) is 12.7. The van der Waals surface area contributed by atoms with Crippen LogP contribution in [0.1, 0.15) is 11.1 Å². The zero-order chi connectivity index (χ0) is 13.8. The van der Waals surface area contributed by atoms with Gasteiger partial charge in [0.05, 0.1) is 17.8 Å². The van der Waals surface area contributed by atoms with Gasteiger partial charge in [-0.15, -0.1) is 15.3 Å². The molecule has 1 aromatic carbocycles. The van der Waals surface area contributed by atoms with Crippen LogP contribution in [-0.2, 0) is 0 Å². The topological polar surface area (TPSA) is 91.3 Å². The molecule has 0 amide bonds. The zero-order valence-corrected chi connectivity index (χ0v) is 10.3. The zero-order valence-electron chi connectivity index (χ0n) is 10.3. The standard InChI is InChI=1S/C13H9N7/c14-7-10-1-3-11(4-2-10)8-15-17-12-5-6-13-18-16-9-20(13)19-12/h1-6,8-9H,(H,17,19)/b15-8+. The Balaban J connectivity index is 1.71. The second kappa shape index (κ2) is 5.16. The molecule has 2 heterocycles. The van der Waals surface area contributed by atoms with E-state index in [9.17, 15) is 0 Å². The lowest BCUT2D eigenvalue weighted by Crippen LogP contribution is -1.98. The summed E-state index contributed by atoms with van der Waals surface area (Å²) in [5, 5.41) is 24.6. The molecule has 0 aliphatic heterocycles. The van der Waals surface area contributed by atoms with Crippen LogP contribution in [0.15, 0.2) is 47.8 Å². The van der Waals surface area contributed by atoms with Crippen LogP contribution in [-0.4, -0.2) is 26.0 Å². The number of anilines is 1. The van der Waals surface area contributed by atoms with Crippen LogP contribution in [0.3, 0.4) is 0 Å². The van der Waals surface area contributed by atoms with Gasteiger partial charge in [0.1, 0.15) is 6.33 Å². The van der Waals surface area contributed by atoms with E-state index < -0.39 is 0 Å². The Morgan fingerprint density at radius 1 is 1.20 bits per heavy atom. The van der Waals surface area contributed by atoms with Gasteiger partial charge < -0.3 is 0 Å². The Morgan fingerprint density at radius 2 is 2.05 bits per heavy atom. The summed E-state index contributed by atoms with van der Waals surface area (Å²) >= 11 is 0. The molecule has 0 bridgehead atoms. The minimum atomic E-state index is 0.585. The lowest BCUT2D eigenvalue weighted by atomic mass is 10.2. The summed E-state index contributed by atoms with van der Waals surface area (Å²) in [4.78, 5) is 0. The molecule has 96 valence electrons. The fraction of sp³-hybridized carbons (Fsp3) is 0. The van der Waals surface area contributed by atoms with E-state index in [4.69, 9.17) is 5.26 Å². The summed E-state index contributed by atoms with van der Waals surface area (Å²) in [6.07, 6.45) is 3.17. The number of rotatable bonds is 3. The van der Waals surface area contributed by atoms with Gasteiger partial charge in [-0.3, -0.25) is 5.43 Å². The van der Waals surface area contributed by atoms with E-state index in [0.717, 1.165) is 5.56 Å². The Hall–Kier alpha value is -3.27. The molecule has 0 unspecified atom stereocenters. The highest BCUT2D eigenvalue weighted by Crippen LogP contribution is 2.04. The predicted octanol–water partition coefficient (Wildman–Crippen LogP) is 1.44. The lowest BCUT2D eigenvalue weighted by molar-refractivity contribution is 0.925. The number of nitrogens with zero attached hydrogens (tertiary/aromatic N) is 6. The molecule has 0 radical (unpaired) electrons. The Bertz CT molecular complexity index is 795. The van der Waals surface area contributed by atoms with Crippen LogP contribution < -0.4 is 5.43 Å². The molecule has 0 saturated heterocycles. The molecule has 0 aliphatic carbocycles. The highest BCUT2D eigenvalue weighted by Gasteiger charge is 1.97. The van der Waals surface area contributed by atoms with Crippen molar-refractivity contribution in [1.29, 1.82) is 5.26 Å². The number of hydrogen-bond acceptors (Lipinski definition) is 6. The SMILES string of the molecule is N#Cc1ccc(/C=N/Nc2ccc3nncn3n2)cc1. The highest BCUT2D eigenvalue weighted by molar-refractivity contribution is 5.80. The molecule has 7 heteroatoms. The van der Waals surface area contributed by atoms with Gasteiger partial charge in [-0.2, -0.15) is 14.9 Å². The van der Waals surface area contributed by atoms with E-state index in [0.29, 0.717) is 17.0 Å². The number of hydrazone groups is 1. The molecule has 3 rings (SSSR count). The maximum atomic E-state index is 8.71. The lowest BCUT2D eigenvalue weighted by Gasteiger charge is -1.99. The summed E-state index contributed by atoms with van der Waals surface area (Å²) < 4.78 is 1.56. The third kappa shape index (κ3) is 2.44. The number of nitrogens with one attached hydrogen (secondary N) is 1. The molecule has 2 aromatic heterocycles. The maximum absolute atomic E-state index is 8.71. The first kappa shape index (κ1) is 11.8. The van der Waals surface area contributed by atoms with E-state index in [1.807, 2.05) is 12.1 Å². The van der Waals surface area contributed by atoms with Crippen molar-refractivity contribution in [2.75, 3.05) is 5.43 Å². The first-order valence-electron chi connectivity index (χ1n) is 5.81. The van der Waals surface area contributed by atoms with Gasteiger partial charge in [0.25, 0.3) is 0 Å². The number of hydrogen-bond donors (Lipinski definition) is 1. The van der Waals surface area contributed by atoms with Gasteiger partial charge in [0.15, 0.2) is 11.5 Å². The van der Waals surface area contributed by atoms with Crippen molar-refractivity contribution in [2.24, 2.45) is 5.10 Å². The van der Waals surface area contributed by atoms with Gasteiger partial charge in [0, 0.05) is 0 Å². The molecule has 20 heavy (non-hydrogen) atoms. The van der Waals surface area contributed by atoms with E-state index in [1.54, 1.807) is 35.0 Å². The number of benzene rings is 1. The van der Waals surface area contributed by atoms with Crippen LogP contribution in [0.2, 0.25) is 0 Å². The first-order valence-corrected chi connectivity index (χ1v) is 5.81. The van der Waals surface area contributed by atoms with Gasteiger partial charge in [-0.25, -0.2) is 0 Å². The van der Waals surface area contributed by atoms with Crippen LogP contribution >= 0.6 is 0 Å². The number of fused-ring (bicyclic) bond motifs is 1. The van der Waals surface area contributed by atoms with E-state index >= 15 is 0 Å². The molecule has 3 aromatic rings. The monoisotopic (exact) mass is 263 g/mol. The predicted molar refractivity (Wildman–Crippen MR) is 73.2 cm³/mol. The molecule has 1 N–H and O–H groups in total. The van der Waals surface area contributed by atoms with Crippen LogP contribution in [0, 0.1) is 11.3 Å². The Labute approximate surface area is 114 Å². The average molecular weight is 263 g/mol. The van der Waals surface area contributed by atoms with Crippen molar-refractivity contribution in [1.82, 2.24) is 19.8 Å². The van der Waals surface area contributed by atoms with Gasteiger partial charge >= 0.3 is 0 Å². The molecule has 7 nitrogen and oxygen atoms in total. The molecule has 0 aliphatic rings. The first-order chi connectivity index (χ1) is 9.85. The molecule has 0 atom stereocenters. The smallest absolute Gasteiger partial charge is 0.177 e. The quantitative estimate of drug-likeness (QED) is 0.570. The van der Waals surface area contributed by atoms with Gasteiger partial charge in [0.2, 0.25) is 0 Å². The third-order valence-corrected chi connectivity index (χ3v) is 2.59. The normalized spacial score (nSPS) is 10.8. The second-order valence-electron chi connectivity index (χ2n) is 3.96. The van der Waals surface area contributed by atoms with Crippen LogP contribution in [0.5, 0.6) is 0 Å². The van der Waals surface area contributed by atoms with E-state index in [-0.39, 0.29) is 0 Å². The third-order valence-electron chi connectivity index (χ3n) is 2.59. The number of aromatic nitrogens is 4. The summed E-state index contributed by atoms with van der Waals surface area (Å²) in [5.41, 5.74) is 5.00. The van der Waals surface area contributed by atoms with E-state index in [2.05, 4.69) is 31.9 Å². The van der Waals surface area contributed by atoms with Crippen LogP contribution in [0.25, 0.3) is 5.65 Å². The minimum absolute atomic E-state index is 0.585. The van der Waals surface area contributed by atoms with Crippen molar-refractivity contribution >= 4 is 17.7 Å². The fourth-order valence-corrected chi connectivity index (χ4v) is 1.60. The Kier molecular flexibility index (Phi) is 3.04. The van der Waals surface area contributed by atoms with Crippen molar-refractivity contribution in [3.05, 3.63) is 53.9 Å². The van der Waals surface area contributed by atoms with Gasteiger partial charge in [-0.1, -0.05) is 12.1 Å². The molecular weight excluding hydrogens is 254 g/mol. The van der Waals surface area contributed by atoms with E-state index in [1.165, 1.54) is 6.33 Å². The largest absolute Gasteiger partial charge is 0.260 e. The van der Waals surface area contributed by atoms with Crippen LogP contribution in [0.4, 0.5) is 5.82 Å². The molecule has 0 fully saturated rings. The van der Waals surface area contributed by atoms with Crippen molar-refractivity contribution in [3.8, 4) is 6.07 Å².